The Morgan fingerprint density at radius 2 is 1.75 bits per heavy atom. The average molecular weight is 456 g/mol. The number of carbonyl (C=O) groups excluding carboxylic acids is 1. The lowest BCUT2D eigenvalue weighted by Gasteiger charge is -2.18. The van der Waals surface area contributed by atoms with Gasteiger partial charge in [0.25, 0.3) is 5.91 Å². The minimum Gasteiger partial charge on any atom is -0.308 e. The van der Waals surface area contributed by atoms with E-state index >= 15 is 0 Å². The first kappa shape index (κ1) is 18.9. The lowest BCUT2D eigenvalue weighted by Crippen LogP contribution is -2.28. The molecule has 6 heteroatoms. The zero-order valence-electron chi connectivity index (χ0n) is 15.0. The van der Waals surface area contributed by atoms with Crippen molar-refractivity contribution < 1.29 is 13.2 Å². The van der Waals surface area contributed by atoms with E-state index in [1.54, 1.807) is 59.5 Å². The van der Waals surface area contributed by atoms with Crippen molar-refractivity contribution in [2.75, 3.05) is 11.4 Å². The molecule has 1 amide bonds. The molecule has 0 saturated heterocycles. The summed E-state index contributed by atoms with van der Waals surface area (Å²) >= 11 is 3.46. The van der Waals surface area contributed by atoms with E-state index in [9.17, 15) is 13.2 Å². The first-order valence-electron chi connectivity index (χ1n) is 8.91. The highest BCUT2D eigenvalue weighted by molar-refractivity contribution is 9.10. The maximum Gasteiger partial charge on any atom is 0.258 e. The Labute approximate surface area is 172 Å². The van der Waals surface area contributed by atoms with Gasteiger partial charge in [-0.25, -0.2) is 8.42 Å². The number of nitrogens with zero attached hydrogens (tertiary/aromatic N) is 1. The number of hydrogen-bond donors (Lipinski definition) is 0. The molecule has 0 saturated carbocycles. The summed E-state index contributed by atoms with van der Waals surface area (Å²) in [6, 6.07) is 21.2. The van der Waals surface area contributed by atoms with Crippen LogP contribution >= 0.6 is 15.9 Å². The topological polar surface area (TPSA) is 54.5 Å². The van der Waals surface area contributed by atoms with Gasteiger partial charge in [0, 0.05) is 22.3 Å². The second kappa shape index (κ2) is 7.53. The second-order valence-corrected chi connectivity index (χ2v) is 9.66. The third-order valence-electron chi connectivity index (χ3n) is 4.82. The summed E-state index contributed by atoms with van der Waals surface area (Å²) in [7, 11) is -3.46. The molecule has 4 rings (SSSR count). The number of carbonyl (C=O) groups is 1. The van der Waals surface area contributed by atoms with Crippen LogP contribution in [0.4, 0.5) is 5.69 Å². The zero-order valence-corrected chi connectivity index (χ0v) is 17.4. The molecular formula is C22H18BrNO3S. The molecule has 0 atom stereocenters. The molecule has 3 aromatic rings. The highest BCUT2D eigenvalue weighted by atomic mass is 79.9. The summed E-state index contributed by atoms with van der Waals surface area (Å²) in [5.74, 6) is -0.248. The van der Waals surface area contributed by atoms with E-state index in [1.165, 1.54) is 0 Å². The van der Waals surface area contributed by atoms with Crippen molar-refractivity contribution in [3.05, 3.63) is 94.0 Å². The fourth-order valence-electron chi connectivity index (χ4n) is 3.46. The molecule has 0 unspecified atom stereocenters. The van der Waals surface area contributed by atoms with Crippen molar-refractivity contribution in [2.45, 2.75) is 17.1 Å². The predicted molar refractivity (Wildman–Crippen MR) is 113 cm³/mol. The van der Waals surface area contributed by atoms with Gasteiger partial charge in [-0.3, -0.25) is 4.79 Å². The van der Waals surface area contributed by atoms with Gasteiger partial charge in [0.15, 0.2) is 9.84 Å². The summed E-state index contributed by atoms with van der Waals surface area (Å²) in [5, 5.41) is 0. The quantitative estimate of drug-likeness (QED) is 0.576. The van der Waals surface area contributed by atoms with Crippen LogP contribution in [0.1, 0.15) is 21.5 Å². The molecule has 0 bridgehead atoms. The van der Waals surface area contributed by atoms with E-state index in [1.807, 2.05) is 18.2 Å². The third-order valence-corrected chi connectivity index (χ3v) is 7.01. The van der Waals surface area contributed by atoms with Crippen LogP contribution in [0.5, 0.6) is 0 Å². The normalized spacial score (nSPS) is 13.4. The molecule has 3 aromatic carbocycles. The largest absolute Gasteiger partial charge is 0.308 e. The minimum absolute atomic E-state index is 0.111. The lowest BCUT2D eigenvalue weighted by molar-refractivity contribution is 0.0989. The van der Waals surface area contributed by atoms with Gasteiger partial charge in [-0.05, 0) is 60.0 Å². The standard InChI is InChI=1S/C22H18BrNO3S/c23-19-9-10-21-17(14-19)11-12-24(21)22(25)18-6-4-5-16(13-18)15-28(26,27)20-7-2-1-3-8-20/h1-10,13-14H,11-12,15H2. The Balaban J connectivity index is 1.59. The molecule has 142 valence electrons. The number of halogens is 1. The first-order valence-corrected chi connectivity index (χ1v) is 11.4. The van der Waals surface area contributed by atoms with Crippen LogP contribution in [0.2, 0.25) is 0 Å². The molecule has 28 heavy (non-hydrogen) atoms. The summed E-state index contributed by atoms with van der Waals surface area (Å²) < 4.78 is 26.3. The molecule has 0 fully saturated rings. The predicted octanol–water partition coefficient (Wildman–Crippen LogP) is 4.63. The van der Waals surface area contributed by atoms with E-state index in [2.05, 4.69) is 15.9 Å². The molecule has 1 aliphatic heterocycles. The van der Waals surface area contributed by atoms with Gasteiger partial charge >= 0.3 is 0 Å². The lowest BCUT2D eigenvalue weighted by atomic mass is 10.1. The molecule has 0 spiro atoms. The summed E-state index contributed by atoms with van der Waals surface area (Å²) in [5.41, 5.74) is 3.14. The monoisotopic (exact) mass is 455 g/mol. The van der Waals surface area contributed by atoms with Crippen molar-refractivity contribution in [1.29, 1.82) is 0 Å². The number of hydrogen-bond acceptors (Lipinski definition) is 3. The van der Waals surface area contributed by atoms with Crippen LogP contribution in [-0.2, 0) is 22.0 Å². The van der Waals surface area contributed by atoms with Gasteiger partial charge in [-0.15, -0.1) is 0 Å². The molecule has 4 nitrogen and oxygen atoms in total. The van der Waals surface area contributed by atoms with Crippen LogP contribution in [0.15, 0.2) is 82.2 Å². The molecule has 0 radical (unpaired) electrons. The zero-order chi connectivity index (χ0) is 19.7. The number of rotatable bonds is 4. The van der Waals surface area contributed by atoms with Crippen molar-refractivity contribution in [3.63, 3.8) is 0 Å². The molecule has 1 heterocycles. The summed E-state index contributed by atoms with van der Waals surface area (Å²) in [6.07, 6.45) is 0.808. The van der Waals surface area contributed by atoms with E-state index < -0.39 is 9.84 Å². The van der Waals surface area contributed by atoms with Crippen LogP contribution in [0, 0.1) is 0 Å². The van der Waals surface area contributed by atoms with Gasteiger partial charge in [0.1, 0.15) is 0 Å². The van der Waals surface area contributed by atoms with Crippen molar-refractivity contribution in [1.82, 2.24) is 0 Å². The first-order chi connectivity index (χ1) is 13.4. The Bertz CT molecular complexity index is 1140. The fraction of sp³-hybridized carbons (Fsp3) is 0.136. The van der Waals surface area contributed by atoms with Crippen molar-refractivity contribution in [3.8, 4) is 0 Å². The van der Waals surface area contributed by atoms with E-state index in [4.69, 9.17) is 0 Å². The van der Waals surface area contributed by atoms with Crippen LogP contribution in [0.25, 0.3) is 0 Å². The smallest absolute Gasteiger partial charge is 0.258 e. The van der Waals surface area contributed by atoms with Crippen molar-refractivity contribution in [2.24, 2.45) is 0 Å². The highest BCUT2D eigenvalue weighted by Crippen LogP contribution is 2.31. The van der Waals surface area contributed by atoms with Crippen molar-refractivity contribution >= 4 is 37.4 Å². The van der Waals surface area contributed by atoms with Crippen LogP contribution in [0.3, 0.4) is 0 Å². The second-order valence-electron chi connectivity index (χ2n) is 6.75. The third kappa shape index (κ3) is 3.75. The van der Waals surface area contributed by atoms with Gasteiger partial charge in [-0.2, -0.15) is 0 Å². The Kier molecular flexibility index (Phi) is 5.08. The van der Waals surface area contributed by atoms with Gasteiger partial charge < -0.3 is 4.90 Å². The SMILES string of the molecule is O=C(c1cccc(CS(=O)(=O)c2ccccc2)c1)N1CCc2cc(Br)ccc21. The Morgan fingerprint density at radius 1 is 0.964 bits per heavy atom. The molecule has 0 aromatic heterocycles. The van der Waals surface area contributed by atoms with Gasteiger partial charge in [0.05, 0.1) is 10.6 Å². The van der Waals surface area contributed by atoms with Crippen LogP contribution < -0.4 is 4.90 Å². The summed E-state index contributed by atoms with van der Waals surface area (Å²) in [6.45, 7) is 0.622. The number of fused-ring (bicyclic) bond motifs is 1. The number of benzene rings is 3. The Hall–Kier alpha value is -2.44. The summed E-state index contributed by atoms with van der Waals surface area (Å²) in [4.78, 5) is 15.1. The maximum absolute atomic E-state index is 13.0. The Morgan fingerprint density at radius 3 is 2.54 bits per heavy atom. The highest BCUT2D eigenvalue weighted by Gasteiger charge is 2.26. The fourth-order valence-corrected chi connectivity index (χ4v) is 5.23. The molecule has 0 aliphatic carbocycles. The molecule has 1 aliphatic rings. The van der Waals surface area contributed by atoms with Crippen LogP contribution in [-0.4, -0.2) is 20.9 Å². The molecular weight excluding hydrogens is 438 g/mol. The number of anilines is 1. The molecule has 0 N–H and O–H groups in total. The van der Waals surface area contributed by atoms with Gasteiger partial charge in [-0.1, -0.05) is 46.3 Å². The number of amides is 1. The maximum atomic E-state index is 13.0. The average Bonchev–Trinajstić information content (AvgIpc) is 3.11. The number of sulfone groups is 1. The van der Waals surface area contributed by atoms with E-state index in [-0.39, 0.29) is 16.6 Å². The van der Waals surface area contributed by atoms with E-state index in [0.29, 0.717) is 17.7 Å². The minimum atomic E-state index is -3.46. The van der Waals surface area contributed by atoms with E-state index in [0.717, 1.165) is 22.1 Å². The van der Waals surface area contributed by atoms with Gasteiger partial charge in [0.2, 0.25) is 0 Å².